The van der Waals surface area contributed by atoms with Crippen LogP contribution in [0.3, 0.4) is 0 Å². The summed E-state index contributed by atoms with van der Waals surface area (Å²) in [5, 5.41) is 17.5. The van der Waals surface area contributed by atoms with Crippen LogP contribution in [0.2, 0.25) is 0 Å². The van der Waals surface area contributed by atoms with Gasteiger partial charge in [-0.3, -0.25) is 9.67 Å². The van der Waals surface area contributed by atoms with Gasteiger partial charge in [0.2, 0.25) is 0 Å². The Morgan fingerprint density at radius 1 is 1.16 bits per heavy atom. The van der Waals surface area contributed by atoms with E-state index in [1.54, 1.807) is 13.1 Å². The fourth-order valence-electron chi connectivity index (χ4n) is 2.72. The number of aromatic nitrogens is 3. The second kappa shape index (κ2) is 8.55. The Kier molecular flexibility index (Phi) is 5.93. The molecule has 3 aromatic rings. The van der Waals surface area contributed by atoms with Crippen molar-refractivity contribution in [3.8, 4) is 11.3 Å². The first-order valence-corrected chi connectivity index (χ1v) is 8.62. The first-order valence-electron chi connectivity index (χ1n) is 8.62. The Morgan fingerprint density at radius 2 is 2.00 bits per heavy atom. The number of hydrogen-bond acceptors (Lipinski definition) is 4. The maximum atomic E-state index is 9.39. The zero-order valence-electron chi connectivity index (χ0n) is 14.5. The molecule has 0 aliphatic heterocycles. The quantitative estimate of drug-likeness (QED) is 0.621. The summed E-state index contributed by atoms with van der Waals surface area (Å²) < 4.78 is 1.98. The normalized spacial score (nSPS) is 12.2. The molecule has 0 fully saturated rings. The van der Waals surface area contributed by atoms with Gasteiger partial charge in [0.15, 0.2) is 0 Å². The Labute approximate surface area is 148 Å². The highest BCUT2D eigenvalue weighted by molar-refractivity contribution is 5.61. The molecule has 0 saturated heterocycles. The molecule has 0 amide bonds. The lowest BCUT2D eigenvalue weighted by atomic mass is 10.1. The molecule has 1 aromatic carbocycles. The van der Waals surface area contributed by atoms with Crippen LogP contribution in [-0.4, -0.2) is 32.5 Å². The van der Waals surface area contributed by atoms with Crippen LogP contribution in [0.25, 0.3) is 11.3 Å². The summed E-state index contributed by atoms with van der Waals surface area (Å²) in [6.45, 7) is 4.03. The van der Waals surface area contributed by atoms with Crippen LogP contribution in [0.15, 0.2) is 61.1 Å². The van der Waals surface area contributed by atoms with Gasteiger partial charge >= 0.3 is 0 Å². The van der Waals surface area contributed by atoms with Crippen molar-refractivity contribution in [3.05, 3.63) is 72.2 Å². The lowest BCUT2D eigenvalue weighted by Gasteiger charge is -2.06. The van der Waals surface area contributed by atoms with E-state index in [-0.39, 0.29) is 6.10 Å². The van der Waals surface area contributed by atoms with Gasteiger partial charge in [0.05, 0.1) is 18.3 Å². The Hall–Kier alpha value is -2.50. The average molecular weight is 336 g/mol. The highest BCUT2D eigenvalue weighted by atomic mass is 16.3. The molecule has 25 heavy (non-hydrogen) atoms. The summed E-state index contributed by atoms with van der Waals surface area (Å²) >= 11 is 0. The van der Waals surface area contributed by atoms with Gasteiger partial charge in [-0.15, -0.1) is 0 Å². The molecule has 0 saturated carbocycles. The predicted octanol–water partition coefficient (Wildman–Crippen LogP) is 2.85. The van der Waals surface area contributed by atoms with Crippen molar-refractivity contribution in [2.45, 2.75) is 32.5 Å². The predicted molar refractivity (Wildman–Crippen MR) is 99.0 cm³/mol. The molecule has 2 aromatic heterocycles. The molecule has 2 N–H and O–H groups in total. The molecule has 0 spiro atoms. The summed E-state index contributed by atoms with van der Waals surface area (Å²) in [7, 11) is 0. The molecule has 5 heteroatoms. The minimum Gasteiger partial charge on any atom is -0.393 e. The highest BCUT2D eigenvalue weighted by Gasteiger charge is 2.11. The van der Waals surface area contributed by atoms with Gasteiger partial charge in [-0.05, 0) is 37.6 Å². The molecule has 1 unspecified atom stereocenters. The molecule has 130 valence electrons. The van der Waals surface area contributed by atoms with E-state index in [1.165, 1.54) is 5.56 Å². The van der Waals surface area contributed by atoms with Crippen LogP contribution in [0.4, 0.5) is 0 Å². The molecule has 0 radical (unpaired) electrons. The van der Waals surface area contributed by atoms with Gasteiger partial charge in [0.1, 0.15) is 0 Å². The maximum Gasteiger partial charge on any atom is 0.0983 e. The Bertz CT molecular complexity index is 769. The van der Waals surface area contributed by atoms with Gasteiger partial charge in [-0.25, -0.2) is 0 Å². The molecule has 5 nitrogen and oxygen atoms in total. The van der Waals surface area contributed by atoms with Crippen LogP contribution in [0.1, 0.15) is 24.5 Å². The zero-order valence-corrected chi connectivity index (χ0v) is 14.5. The number of hydrogen-bond donors (Lipinski definition) is 2. The van der Waals surface area contributed by atoms with E-state index in [0.29, 0.717) is 6.54 Å². The standard InChI is InChI=1S/C20H24N4O/c1-16(25)9-11-22-13-19-15-24(14-17-6-3-2-4-7-17)23-20(19)18-8-5-10-21-12-18/h2-8,10,12,15-16,22,25H,9,11,13-14H2,1H3. The lowest BCUT2D eigenvalue weighted by Crippen LogP contribution is -2.18. The van der Waals surface area contributed by atoms with Crippen molar-refractivity contribution >= 4 is 0 Å². The average Bonchev–Trinajstić information content (AvgIpc) is 3.03. The Balaban J connectivity index is 1.78. The maximum absolute atomic E-state index is 9.39. The number of pyridine rings is 1. The summed E-state index contributed by atoms with van der Waals surface area (Å²) in [6, 6.07) is 14.3. The van der Waals surface area contributed by atoms with Crippen LogP contribution in [-0.2, 0) is 13.1 Å². The zero-order chi connectivity index (χ0) is 17.5. The second-order valence-electron chi connectivity index (χ2n) is 6.24. The lowest BCUT2D eigenvalue weighted by molar-refractivity contribution is 0.183. The smallest absolute Gasteiger partial charge is 0.0983 e. The Morgan fingerprint density at radius 3 is 2.72 bits per heavy atom. The van der Waals surface area contributed by atoms with Gasteiger partial charge in [0.25, 0.3) is 0 Å². The fourth-order valence-corrected chi connectivity index (χ4v) is 2.72. The third-order valence-electron chi connectivity index (χ3n) is 4.01. The van der Waals surface area contributed by atoms with Gasteiger partial charge in [-0.1, -0.05) is 30.3 Å². The topological polar surface area (TPSA) is 63.0 Å². The van der Waals surface area contributed by atoms with E-state index >= 15 is 0 Å². The van der Waals surface area contributed by atoms with E-state index < -0.39 is 0 Å². The summed E-state index contributed by atoms with van der Waals surface area (Å²) in [5.74, 6) is 0. The van der Waals surface area contributed by atoms with Crippen molar-refractivity contribution in [2.24, 2.45) is 0 Å². The van der Waals surface area contributed by atoms with Crippen molar-refractivity contribution in [1.82, 2.24) is 20.1 Å². The number of aliphatic hydroxyl groups excluding tert-OH is 1. The van der Waals surface area contributed by atoms with E-state index in [1.807, 2.05) is 41.2 Å². The van der Waals surface area contributed by atoms with Gasteiger partial charge < -0.3 is 10.4 Å². The van der Waals surface area contributed by atoms with Gasteiger partial charge in [0, 0.05) is 36.3 Å². The van der Waals surface area contributed by atoms with Crippen molar-refractivity contribution < 1.29 is 5.11 Å². The van der Waals surface area contributed by atoms with E-state index in [0.717, 1.165) is 36.3 Å². The number of benzene rings is 1. The number of rotatable bonds is 8. The van der Waals surface area contributed by atoms with Crippen LogP contribution in [0.5, 0.6) is 0 Å². The monoisotopic (exact) mass is 336 g/mol. The van der Waals surface area contributed by atoms with Crippen molar-refractivity contribution in [2.75, 3.05) is 6.54 Å². The third-order valence-corrected chi connectivity index (χ3v) is 4.01. The van der Waals surface area contributed by atoms with Crippen molar-refractivity contribution in [1.29, 1.82) is 0 Å². The van der Waals surface area contributed by atoms with Crippen LogP contribution < -0.4 is 5.32 Å². The van der Waals surface area contributed by atoms with Crippen LogP contribution in [0, 0.1) is 0 Å². The molecule has 2 heterocycles. The number of aliphatic hydroxyl groups is 1. The van der Waals surface area contributed by atoms with E-state index in [4.69, 9.17) is 5.10 Å². The van der Waals surface area contributed by atoms with E-state index in [9.17, 15) is 5.11 Å². The molecule has 3 rings (SSSR count). The summed E-state index contributed by atoms with van der Waals surface area (Å²) in [5.41, 5.74) is 4.32. The minimum atomic E-state index is -0.286. The van der Waals surface area contributed by atoms with Gasteiger partial charge in [-0.2, -0.15) is 5.10 Å². The first-order chi connectivity index (χ1) is 12.2. The molecular weight excluding hydrogens is 312 g/mol. The summed E-state index contributed by atoms with van der Waals surface area (Å²) in [4.78, 5) is 4.21. The summed E-state index contributed by atoms with van der Waals surface area (Å²) in [6.07, 6.45) is 6.15. The largest absolute Gasteiger partial charge is 0.393 e. The van der Waals surface area contributed by atoms with Crippen molar-refractivity contribution in [3.63, 3.8) is 0 Å². The molecule has 1 atom stereocenters. The molecular formula is C20H24N4O. The highest BCUT2D eigenvalue weighted by Crippen LogP contribution is 2.21. The minimum absolute atomic E-state index is 0.286. The third kappa shape index (κ3) is 4.98. The number of nitrogens with zero attached hydrogens (tertiary/aromatic N) is 3. The fraction of sp³-hybridized carbons (Fsp3) is 0.300. The molecule has 0 aliphatic carbocycles. The van der Waals surface area contributed by atoms with Crippen LogP contribution >= 0.6 is 0 Å². The molecule has 0 aliphatic rings. The molecule has 0 bridgehead atoms. The SMILES string of the molecule is CC(O)CCNCc1cn(Cc2ccccc2)nc1-c1cccnc1. The first kappa shape index (κ1) is 17.3. The second-order valence-corrected chi connectivity index (χ2v) is 6.24. The van der Waals surface area contributed by atoms with E-state index in [2.05, 4.69) is 28.6 Å². The number of nitrogens with one attached hydrogen (secondary N) is 1.